The van der Waals surface area contributed by atoms with Gasteiger partial charge >= 0.3 is 0 Å². The monoisotopic (exact) mass is 362 g/mol. The Hall–Kier alpha value is -0.160. The molecule has 26 heavy (non-hydrogen) atoms. The Morgan fingerprint density at radius 1 is 0.846 bits per heavy atom. The Kier molecular flexibility index (Phi) is 3.39. The van der Waals surface area contributed by atoms with Gasteiger partial charge in [0, 0.05) is 5.41 Å². The van der Waals surface area contributed by atoms with Crippen LogP contribution in [0.25, 0.3) is 0 Å². The highest BCUT2D eigenvalue weighted by Crippen LogP contribution is 2.76. The Balaban J connectivity index is 1.38. The first-order valence-corrected chi connectivity index (χ1v) is 10.9. The van der Waals surface area contributed by atoms with Gasteiger partial charge in [-0.25, -0.2) is 0 Å². The average molecular weight is 363 g/mol. The lowest BCUT2D eigenvalue weighted by molar-refractivity contribution is -0.281. The van der Waals surface area contributed by atoms with E-state index in [1.165, 1.54) is 51.4 Å². The van der Waals surface area contributed by atoms with E-state index in [0.29, 0.717) is 36.4 Å². The van der Waals surface area contributed by atoms with Crippen molar-refractivity contribution >= 4 is 0 Å². The van der Waals surface area contributed by atoms with Crippen LogP contribution in [0.1, 0.15) is 65.2 Å². The molecule has 146 valence electrons. The number of hydrogen-bond donors (Lipinski definition) is 0. The van der Waals surface area contributed by atoms with Gasteiger partial charge in [0.2, 0.25) is 0 Å². The zero-order valence-electron chi connectivity index (χ0n) is 16.4. The molecule has 2 bridgehead atoms. The van der Waals surface area contributed by atoms with Crippen molar-refractivity contribution in [3.8, 4) is 0 Å². The van der Waals surface area contributed by atoms with Crippen LogP contribution >= 0.6 is 0 Å². The number of hydrogen-bond acceptors (Lipinski definition) is 4. The highest BCUT2D eigenvalue weighted by molar-refractivity contribution is 5.20. The Labute approximate surface area is 157 Å². The Morgan fingerprint density at radius 2 is 1.73 bits per heavy atom. The fourth-order valence-corrected chi connectivity index (χ4v) is 9.14. The maximum absolute atomic E-state index is 6.23. The van der Waals surface area contributed by atoms with E-state index in [9.17, 15) is 0 Å². The van der Waals surface area contributed by atoms with E-state index in [1.807, 2.05) is 0 Å². The smallest absolute Gasteiger partial charge is 0.147 e. The van der Waals surface area contributed by atoms with Crippen LogP contribution in [0.15, 0.2) is 0 Å². The summed E-state index contributed by atoms with van der Waals surface area (Å²) in [4.78, 5) is 0. The van der Waals surface area contributed by atoms with Crippen LogP contribution in [0, 0.1) is 34.0 Å². The molecule has 4 heteroatoms. The van der Waals surface area contributed by atoms with Gasteiger partial charge in [0.05, 0.1) is 24.9 Å². The summed E-state index contributed by atoms with van der Waals surface area (Å²) < 4.78 is 23.9. The quantitative estimate of drug-likeness (QED) is 0.649. The standard InChI is InChI=1S/C22H34O4/c1-19-11-23-13-25-18(19)5-6-20(2)17(19)4-3-15-9-16-10-21(15,20)7-8-22(16)12-24-14-26-22/h15-18H,3-14H2,1-2H3/t15-,16+,17-,18+,19-,20-,21?,22?/m0/s1. The van der Waals surface area contributed by atoms with Gasteiger partial charge in [-0.15, -0.1) is 0 Å². The lowest BCUT2D eigenvalue weighted by Gasteiger charge is -2.67. The summed E-state index contributed by atoms with van der Waals surface area (Å²) in [6.07, 6.45) is 11.0. The van der Waals surface area contributed by atoms with Gasteiger partial charge in [0.25, 0.3) is 0 Å². The number of ether oxygens (including phenoxy) is 4. The first kappa shape index (κ1) is 16.8. The maximum Gasteiger partial charge on any atom is 0.147 e. The van der Waals surface area contributed by atoms with E-state index in [4.69, 9.17) is 18.9 Å². The molecule has 2 unspecified atom stereocenters. The van der Waals surface area contributed by atoms with Crippen LogP contribution in [0.5, 0.6) is 0 Å². The molecule has 0 radical (unpaired) electrons. The SMILES string of the molecule is C[C@@]12COCO[C@@H]1CC[C@@]1(C)[C@H]2CC[C@H]2C[C@@H]3CC21CCC31COCO1. The van der Waals surface area contributed by atoms with Crippen molar-refractivity contribution in [3.63, 3.8) is 0 Å². The van der Waals surface area contributed by atoms with Crippen molar-refractivity contribution in [2.45, 2.75) is 76.9 Å². The summed E-state index contributed by atoms with van der Waals surface area (Å²) in [6, 6.07) is 0. The normalized spacial score (nSPS) is 61.2. The summed E-state index contributed by atoms with van der Waals surface area (Å²) in [7, 11) is 0. The summed E-state index contributed by atoms with van der Waals surface area (Å²) in [6.45, 7) is 7.87. The Bertz CT molecular complexity index is 601. The molecule has 2 heterocycles. The molecule has 0 amide bonds. The highest BCUT2D eigenvalue weighted by atomic mass is 16.7. The van der Waals surface area contributed by atoms with Gasteiger partial charge in [-0.3, -0.25) is 0 Å². The summed E-state index contributed by atoms with van der Waals surface area (Å²) in [5.41, 5.74) is 1.20. The van der Waals surface area contributed by atoms with E-state index < -0.39 is 0 Å². The molecule has 8 atom stereocenters. The van der Waals surface area contributed by atoms with Crippen LogP contribution in [-0.4, -0.2) is 38.5 Å². The first-order chi connectivity index (χ1) is 12.5. The molecule has 2 spiro atoms. The third kappa shape index (κ3) is 1.81. The molecule has 6 aliphatic rings. The maximum atomic E-state index is 6.23. The predicted octanol–water partition coefficient (Wildman–Crippen LogP) is 4.13. The predicted molar refractivity (Wildman–Crippen MR) is 96.4 cm³/mol. The largest absolute Gasteiger partial charge is 0.355 e. The van der Waals surface area contributed by atoms with Crippen LogP contribution < -0.4 is 0 Å². The fraction of sp³-hybridized carbons (Fsp3) is 1.00. The van der Waals surface area contributed by atoms with E-state index in [-0.39, 0.29) is 11.0 Å². The van der Waals surface area contributed by atoms with Gasteiger partial charge in [-0.1, -0.05) is 13.8 Å². The summed E-state index contributed by atoms with van der Waals surface area (Å²) in [5, 5.41) is 0. The minimum absolute atomic E-state index is 0.0482. The molecule has 0 aromatic rings. The number of rotatable bonds is 0. The van der Waals surface area contributed by atoms with Crippen molar-refractivity contribution < 1.29 is 18.9 Å². The summed E-state index contributed by atoms with van der Waals surface area (Å²) in [5.74, 6) is 2.34. The molecule has 4 aliphatic carbocycles. The third-order valence-electron chi connectivity index (χ3n) is 10.4. The Morgan fingerprint density at radius 3 is 2.58 bits per heavy atom. The molecule has 0 N–H and O–H groups in total. The van der Waals surface area contributed by atoms with Gasteiger partial charge in [0.15, 0.2) is 0 Å². The molecular formula is C22H34O4. The molecular weight excluding hydrogens is 328 g/mol. The molecule has 6 fully saturated rings. The minimum atomic E-state index is 0.0482. The van der Waals surface area contributed by atoms with Crippen molar-refractivity contribution in [1.29, 1.82) is 0 Å². The van der Waals surface area contributed by atoms with Crippen LogP contribution in [0.2, 0.25) is 0 Å². The molecule has 6 rings (SSSR count). The van der Waals surface area contributed by atoms with Gasteiger partial charge in [-0.2, -0.15) is 0 Å². The van der Waals surface area contributed by atoms with E-state index in [1.54, 1.807) is 0 Å². The van der Waals surface area contributed by atoms with Crippen molar-refractivity contribution in [1.82, 2.24) is 0 Å². The second-order valence-corrected chi connectivity index (χ2v) is 10.9. The average Bonchev–Trinajstić information content (AvgIpc) is 3.22. The van der Waals surface area contributed by atoms with E-state index >= 15 is 0 Å². The minimum Gasteiger partial charge on any atom is -0.355 e. The first-order valence-electron chi connectivity index (χ1n) is 10.9. The zero-order chi connectivity index (χ0) is 17.6. The van der Waals surface area contributed by atoms with Gasteiger partial charge in [0.1, 0.15) is 13.6 Å². The van der Waals surface area contributed by atoms with E-state index in [0.717, 1.165) is 25.0 Å². The fourth-order valence-electron chi connectivity index (χ4n) is 9.14. The van der Waals surface area contributed by atoms with Crippen LogP contribution in [0.3, 0.4) is 0 Å². The third-order valence-corrected chi connectivity index (χ3v) is 10.4. The van der Waals surface area contributed by atoms with Gasteiger partial charge < -0.3 is 18.9 Å². The summed E-state index contributed by atoms with van der Waals surface area (Å²) >= 11 is 0. The topological polar surface area (TPSA) is 36.9 Å². The number of fused-ring (bicyclic) bond motifs is 5. The molecule has 0 aromatic heterocycles. The second kappa shape index (κ2) is 5.25. The van der Waals surface area contributed by atoms with Crippen molar-refractivity contribution in [2.75, 3.05) is 26.8 Å². The molecule has 0 aromatic carbocycles. The van der Waals surface area contributed by atoms with E-state index in [2.05, 4.69) is 13.8 Å². The molecule has 4 nitrogen and oxygen atoms in total. The lowest BCUT2D eigenvalue weighted by atomic mass is 9.39. The van der Waals surface area contributed by atoms with Crippen molar-refractivity contribution in [2.24, 2.45) is 34.0 Å². The zero-order valence-corrected chi connectivity index (χ0v) is 16.4. The highest BCUT2D eigenvalue weighted by Gasteiger charge is 2.71. The van der Waals surface area contributed by atoms with Gasteiger partial charge in [-0.05, 0) is 80.0 Å². The van der Waals surface area contributed by atoms with Crippen LogP contribution in [-0.2, 0) is 18.9 Å². The molecule has 4 saturated carbocycles. The van der Waals surface area contributed by atoms with Crippen molar-refractivity contribution in [3.05, 3.63) is 0 Å². The lowest BCUT2D eigenvalue weighted by Crippen LogP contribution is -2.64. The molecule has 2 aliphatic heterocycles. The molecule has 2 saturated heterocycles. The second-order valence-electron chi connectivity index (χ2n) is 10.9. The van der Waals surface area contributed by atoms with Crippen LogP contribution in [0.4, 0.5) is 0 Å².